The van der Waals surface area contributed by atoms with E-state index in [2.05, 4.69) is 66.8 Å². The number of likely N-dealkylation sites (N-methyl/N-ethyl adjacent to an activating group) is 1. The Morgan fingerprint density at radius 3 is 2.64 bits per heavy atom. The van der Waals surface area contributed by atoms with Crippen molar-refractivity contribution in [2.45, 2.75) is 45.8 Å². The van der Waals surface area contributed by atoms with Gasteiger partial charge in [-0.15, -0.1) is 0 Å². The largest absolute Gasteiger partial charge is 0.343 e. The minimum atomic E-state index is 0.564. The van der Waals surface area contributed by atoms with Crippen molar-refractivity contribution in [1.82, 2.24) is 9.47 Å². The zero-order valence-corrected chi connectivity index (χ0v) is 16.0. The molecule has 0 bridgehead atoms. The van der Waals surface area contributed by atoms with Gasteiger partial charge in [-0.1, -0.05) is 53.6 Å². The van der Waals surface area contributed by atoms with E-state index < -0.39 is 0 Å². The highest BCUT2D eigenvalue weighted by Crippen LogP contribution is 2.36. The van der Waals surface area contributed by atoms with Crippen molar-refractivity contribution in [2.75, 3.05) is 7.05 Å². The highest BCUT2D eigenvalue weighted by molar-refractivity contribution is 6.35. The molecule has 0 spiro atoms. The molecule has 0 saturated heterocycles. The Bertz CT molecular complexity index is 908. The molecule has 2 heterocycles. The van der Waals surface area contributed by atoms with Gasteiger partial charge in [-0.3, -0.25) is 4.90 Å². The second-order valence-corrected chi connectivity index (χ2v) is 7.82. The lowest BCUT2D eigenvalue weighted by atomic mass is 10.00. The van der Waals surface area contributed by atoms with Crippen LogP contribution in [0.5, 0.6) is 0 Å². The van der Waals surface area contributed by atoms with Crippen molar-refractivity contribution in [3.05, 3.63) is 69.9 Å². The van der Waals surface area contributed by atoms with Gasteiger partial charge in [0.05, 0.1) is 10.5 Å². The van der Waals surface area contributed by atoms with Crippen LogP contribution >= 0.6 is 11.6 Å². The fourth-order valence-corrected chi connectivity index (χ4v) is 4.26. The summed E-state index contributed by atoms with van der Waals surface area (Å²) in [6.07, 6.45) is 2.12. The molecule has 4 rings (SSSR count). The fourth-order valence-electron chi connectivity index (χ4n) is 3.98. The summed E-state index contributed by atoms with van der Waals surface area (Å²) in [7, 11) is 2.22. The number of aromatic nitrogens is 1. The summed E-state index contributed by atoms with van der Waals surface area (Å²) in [4.78, 5) is 2.44. The highest BCUT2D eigenvalue weighted by atomic mass is 35.5. The van der Waals surface area contributed by atoms with Crippen LogP contribution in [0.15, 0.2) is 42.5 Å². The normalized spacial score (nSPS) is 17.8. The summed E-state index contributed by atoms with van der Waals surface area (Å²) in [5, 5.41) is 2.19. The van der Waals surface area contributed by atoms with Crippen LogP contribution in [0.2, 0.25) is 5.02 Å². The van der Waals surface area contributed by atoms with E-state index in [9.17, 15) is 0 Å². The third-order valence-corrected chi connectivity index (χ3v) is 5.95. The number of para-hydroxylation sites is 1. The van der Waals surface area contributed by atoms with Gasteiger partial charge in [0, 0.05) is 36.6 Å². The molecule has 0 radical (unpaired) electrons. The highest BCUT2D eigenvalue weighted by Gasteiger charge is 2.27. The topological polar surface area (TPSA) is 8.17 Å². The molecule has 2 aromatic carbocycles. The summed E-state index contributed by atoms with van der Waals surface area (Å²) in [6.45, 7) is 6.43. The molecule has 0 aliphatic carbocycles. The zero-order valence-electron chi connectivity index (χ0n) is 15.2. The van der Waals surface area contributed by atoms with Crippen LogP contribution in [-0.2, 0) is 25.9 Å². The molecule has 0 amide bonds. The molecule has 1 aliphatic rings. The molecule has 1 aromatic heterocycles. The first-order valence-electron chi connectivity index (χ1n) is 9.09. The van der Waals surface area contributed by atoms with Crippen molar-refractivity contribution in [3.8, 4) is 0 Å². The molecular weight excluding hydrogens is 328 g/mol. The van der Waals surface area contributed by atoms with Crippen LogP contribution < -0.4 is 0 Å². The predicted octanol–water partition coefficient (Wildman–Crippen LogP) is 5.22. The monoisotopic (exact) mass is 352 g/mol. The van der Waals surface area contributed by atoms with Gasteiger partial charge in [-0.2, -0.15) is 0 Å². The van der Waals surface area contributed by atoms with Crippen LogP contribution in [-0.4, -0.2) is 22.6 Å². The average molecular weight is 353 g/mol. The number of halogens is 1. The summed E-state index contributed by atoms with van der Waals surface area (Å²) in [6, 6.07) is 15.8. The van der Waals surface area contributed by atoms with Gasteiger partial charge in [-0.25, -0.2) is 0 Å². The third-order valence-electron chi connectivity index (χ3n) is 5.65. The van der Waals surface area contributed by atoms with Crippen LogP contribution in [0.25, 0.3) is 10.9 Å². The van der Waals surface area contributed by atoms with Crippen LogP contribution in [0.4, 0.5) is 0 Å². The van der Waals surface area contributed by atoms with E-state index in [1.165, 1.54) is 33.3 Å². The SMILES string of the molecule is Cc1ccc(CCn2c3c(c4cccc(Cl)c42)CN(C)C(C)C3)cc1. The Labute approximate surface area is 155 Å². The standard InChI is InChI=1S/C22H25ClN2/c1-15-7-9-17(10-8-15)11-12-25-21-13-16(2)24(3)14-19(21)18-5-4-6-20(23)22(18)25/h4-10,16H,11-14H2,1-3H3. The Hall–Kier alpha value is -1.77. The van der Waals surface area contributed by atoms with Crippen LogP contribution in [0, 0.1) is 6.92 Å². The Balaban J connectivity index is 1.77. The number of benzene rings is 2. The van der Waals surface area contributed by atoms with Crippen molar-refractivity contribution in [2.24, 2.45) is 0 Å². The van der Waals surface area contributed by atoms with Crippen molar-refractivity contribution < 1.29 is 0 Å². The lowest BCUT2D eigenvalue weighted by Crippen LogP contribution is -2.35. The molecule has 0 N–H and O–H groups in total. The maximum absolute atomic E-state index is 6.62. The van der Waals surface area contributed by atoms with E-state index in [-0.39, 0.29) is 0 Å². The zero-order chi connectivity index (χ0) is 17.6. The first kappa shape index (κ1) is 16.7. The summed E-state index contributed by atoms with van der Waals surface area (Å²) in [5.74, 6) is 0. The number of aryl methyl sites for hydroxylation is 3. The molecule has 25 heavy (non-hydrogen) atoms. The van der Waals surface area contributed by atoms with Gasteiger partial charge in [-0.05, 0) is 44.5 Å². The lowest BCUT2D eigenvalue weighted by Gasteiger charge is -2.31. The Morgan fingerprint density at radius 1 is 1.12 bits per heavy atom. The molecule has 1 aliphatic heterocycles. The van der Waals surface area contributed by atoms with Crippen molar-refractivity contribution in [1.29, 1.82) is 0 Å². The Morgan fingerprint density at radius 2 is 1.88 bits per heavy atom. The van der Waals surface area contributed by atoms with E-state index in [0.29, 0.717) is 6.04 Å². The molecule has 0 saturated carbocycles. The molecule has 0 fully saturated rings. The molecule has 3 heteroatoms. The number of rotatable bonds is 3. The number of hydrogen-bond donors (Lipinski definition) is 0. The van der Waals surface area contributed by atoms with E-state index in [0.717, 1.165) is 31.0 Å². The summed E-state index contributed by atoms with van der Waals surface area (Å²) >= 11 is 6.62. The second-order valence-electron chi connectivity index (χ2n) is 7.42. The van der Waals surface area contributed by atoms with Crippen molar-refractivity contribution >= 4 is 22.5 Å². The molecule has 3 aromatic rings. The van der Waals surface area contributed by atoms with Crippen LogP contribution in [0.1, 0.15) is 29.3 Å². The first-order chi connectivity index (χ1) is 12.0. The maximum Gasteiger partial charge on any atom is 0.0675 e. The minimum absolute atomic E-state index is 0.564. The van der Waals surface area contributed by atoms with Gasteiger partial charge in [0.25, 0.3) is 0 Å². The van der Waals surface area contributed by atoms with Gasteiger partial charge < -0.3 is 4.57 Å². The number of fused-ring (bicyclic) bond motifs is 3. The van der Waals surface area contributed by atoms with E-state index in [1.54, 1.807) is 0 Å². The lowest BCUT2D eigenvalue weighted by molar-refractivity contribution is 0.228. The molecule has 1 atom stereocenters. The predicted molar refractivity (Wildman–Crippen MR) is 106 cm³/mol. The fraction of sp³-hybridized carbons (Fsp3) is 0.364. The number of nitrogens with zero attached hydrogens (tertiary/aromatic N) is 2. The Kier molecular flexibility index (Phi) is 4.35. The second kappa shape index (κ2) is 6.51. The number of hydrogen-bond acceptors (Lipinski definition) is 1. The van der Waals surface area contributed by atoms with Crippen LogP contribution in [0.3, 0.4) is 0 Å². The smallest absolute Gasteiger partial charge is 0.0675 e. The summed E-state index contributed by atoms with van der Waals surface area (Å²) in [5.41, 5.74) is 6.84. The van der Waals surface area contributed by atoms with Gasteiger partial charge in [0.2, 0.25) is 0 Å². The average Bonchev–Trinajstić information content (AvgIpc) is 2.89. The van der Waals surface area contributed by atoms with E-state index in [1.807, 2.05) is 6.07 Å². The van der Waals surface area contributed by atoms with Gasteiger partial charge >= 0.3 is 0 Å². The molecule has 2 nitrogen and oxygen atoms in total. The molecule has 130 valence electrons. The van der Waals surface area contributed by atoms with Crippen molar-refractivity contribution in [3.63, 3.8) is 0 Å². The first-order valence-corrected chi connectivity index (χ1v) is 9.46. The maximum atomic E-state index is 6.62. The van der Waals surface area contributed by atoms with Gasteiger partial charge in [0.1, 0.15) is 0 Å². The quantitative estimate of drug-likeness (QED) is 0.627. The molecule has 1 unspecified atom stereocenters. The van der Waals surface area contributed by atoms with Gasteiger partial charge in [0.15, 0.2) is 0 Å². The molecular formula is C22H25ClN2. The van der Waals surface area contributed by atoms with E-state index >= 15 is 0 Å². The minimum Gasteiger partial charge on any atom is -0.343 e. The summed E-state index contributed by atoms with van der Waals surface area (Å²) < 4.78 is 2.48. The van der Waals surface area contributed by atoms with E-state index in [4.69, 9.17) is 11.6 Å². The third kappa shape index (κ3) is 2.98.